The lowest BCUT2D eigenvalue weighted by Gasteiger charge is -2.32. The molecule has 0 bridgehead atoms. The number of halogens is 3. The summed E-state index contributed by atoms with van der Waals surface area (Å²) in [5, 5.41) is 7.91. The molecule has 0 spiro atoms. The van der Waals surface area contributed by atoms with Crippen molar-refractivity contribution >= 4 is 28.7 Å². The summed E-state index contributed by atoms with van der Waals surface area (Å²) in [6.07, 6.45) is 4.28. The first kappa shape index (κ1) is 25.9. The predicted octanol–water partition coefficient (Wildman–Crippen LogP) is 3.77. The van der Waals surface area contributed by atoms with Gasteiger partial charge in [0.1, 0.15) is 23.7 Å². The number of nitrogens with zero attached hydrogens (tertiary/aromatic N) is 5. The topological polar surface area (TPSA) is 119 Å². The van der Waals surface area contributed by atoms with Crippen molar-refractivity contribution in [3.05, 3.63) is 84.0 Å². The van der Waals surface area contributed by atoms with Crippen molar-refractivity contribution in [3.8, 4) is 11.3 Å². The summed E-state index contributed by atoms with van der Waals surface area (Å²) < 4.78 is 42.3. The molecule has 1 aliphatic heterocycles. The van der Waals surface area contributed by atoms with Crippen molar-refractivity contribution in [2.45, 2.75) is 25.4 Å². The van der Waals surface area contributed by atoms with Gasteiger partial charge in [0.25, 0.3) is 5.91 Å². The van der Waals surface area contributed by atoms with Gasteiger partial charge in [0, 0.05) is 31.3 Å². The molecule has 3 heterocycles. The van der Waals surface area contributed by atoms with Crippen molar-refractivity contribution in [2.24, 2.45) is 0 Å². The molecule has 12 heteroatoms. The van der Waals surface area contributed by atoms with Crippen LogP contribution in [-0.2, 0) is 11.3 Å². The second-order valence-electron chi connectivity index (χ2n) is 9.16. The lowest BCUT2D eigenvalue weighted by atomic mass is 10.1. The van der Waals surface area contributed by atoms with Gasteiger partial charge in [-0.05, 0) is 30.5 Å². The highest BCUT2D eigenvalue weighted by molar-refractivity contribution is 5.98. The smallest absolute Gasteiger partial charge is 0.254 e. The molecule has 3 N–H and O–H groups in total. The van der Waals surface area contributed by atoms with E-state index >= 15 is 0 Å². The molecule has 0 saturated carbocycles. The van der Waals surface area contributed by atoms with Crippen LogP contribution in [0.4, 0.5) is 19.0 Å². The number of nitrogens with one attached hydrogen (secondary N) is 1. The third-order valence-electron chi connectivity index (χ3n) is 6.68. The molecule has 1 aliphatic rings. The van der Waals surface area contributed by atoms with Gasteiger partial charge >= 0.3 is 0 Å². The maximum absolute atomic E-state index is 13.9. The summed E-state index contributed by atoms with van der Waals surface area (Å²) in [6.45, 7) is 4.70. The largest absolute Gasteiger partial charge is 0.383 e. The highest BCUT2D eigenvalue weighted by Crippen LogP contribution is 2.34. The molecule has 5 rings (SSSR count). The SMILES string of the molecule is C=CC(=O)N1CCC[C@@H](n2nc(-c3ccc(CNC(=O)c4cc(F)c(F)cc4F)cc3)c3c(N)ncnc32)C1. The van der Waals surface area contributed by atoms with E-state index in [1.807, 2.05) is 0 Å². The summed E-state index contributed by atoms with van der Waals surface area (Å²) in [6, 6.07) is 7.80. The molecule has 9 nitrogen and oxygen atoms in total. The maximum Gasteiger partial charge on any atom is 0.254 e. The van der Waals surface area contributed by atoms with Gasteiger partial charge in [-0.3, -0.25) is 9.59 Å². The van der Waals surface area contributed by atoms with Gasteiger partial charge in [0.05, 0.1) is 17.0 Å². The highest BCUT2D eigenvalue weighted by Gasteiger charge is 2.28. The van der Waals surface area contributed by atoms with E-state index in [4.69, 9.17) is 10.8 Å². The van der Waals surface area contributed by atoms with Crippen LogP contribution in [-0.4, -0.2) is 49.6 Å². The Bertz CT molecular complexity index is 1590. The van der Waals surface area contributed by atoms with Crippen LogP contribution in [0.3, 0.4) is 0 Å². The summed E-state index contributed by atoms with van der Waals surface area (Å²) in [7, 11) is 0. The zero-order chi connectivity index (χ0) is 27.7. The zero-order valence-electron chi connectivity index (χ0n) is 20.7. The van der Waals surface area contributed by atoms with Crippen LogP contribution in [0.5, 0.6) is 0 Å². The van der Waals surface area contributed by atoms with E-state index < -0.39 is 28.9 Å². The number of hydrogen-bond donors (Lipinski definition) is 2. The Kier molecular flexibility index (Phi) is 7.01. The molecule has 0 aliphatic carbocycles. The first-order valence-corrected chi connectivity index (χ1v) is 12.2. The number of nitrogens with two attached hydrogens (primary N) is 1. The Morgan fingerprint density at radius 1 is 1.10 bits per heavy atom. The van der Waals surface area contributed by atoms with Gasteiger partial charge in [0.2, 0.25) is 5.91 Å². The zero-order valence-corrected chi connectivity index (χ0v) is 20.7. The molecule has 2 aromatic carbocycles. The maximum atomic E-state index is 13.9. The molecule has 1 fully saturated rings. The minimum Gasteiger partial charge on any atom is -0.383 e. The van der Waals surface area contributed by atoms with Crippen LogP contribution in [0.25, 0.3) is 22.3 Å². The van der Waals surface area contributed by atoms with Crippen molar-refractivity contribution in [2.75, 3.05) is 18.8 Å². The Labute approximate surface area is 221 Å². The predicted molar refractivity (Wildman–Crippen MR) is 138 cm³/mol. The molecule has 0 unspecified atom stereocenters. The molecular weight excluding hydrogens is 511 g/mol. The molecule has 39 heavy (non-hydrogen) atoms. The van der Waals surface area contributed by atoms with Crippen LogP contribution < -0.4 is 11.1 Å². The van der Waals surface area contributed by atoms with Crippen molar-refractivity contribution < 1.29 is 22.8 Å². The second-order valence-corrected chi connectivity index (χ2v) is 9.16. The standard InChI is InChI=1S/C27H24F3N7O2/c1-2-22(38)36-9-3-4-17(13-36)37-26-23(25(31)33-14-34-26)24(35-37)16-7-5-15(6-8-16)12-32-27(39)18-10-20(29)21(30)11-19(18)28/h2,5-8,10-11,14,17H,1,3-4,9,12-13H2,(H,32,39)(H2,31,33,34)/t17-/m1/s1. The molecule has 200 valence electrons. The summed E-state index contributed by atoms with van der Waals surface area (Å²) >= 11 is 0. The normalized spacial score (nSPS) is 15.4. The minimum absolute atomic E-state index is 0.0211. The minimum atomic E-state index is -1.37. The molecule has 2 amide bonds. The molecule has 2 aromatic heterocycles. The Morgan fingerprint density at radius 2 is 1.85 bits per heavy atom. The number of aromatic nitrogens is 4. The lowest BCUT2D eigenvalue weighted by molar-refractivity contribution is -0.127. The average molecular weight is 536 g/mol. The fourth-order valence-electron chi connectivity index (χ4n) is 4.69. The van der Waals surface area contributed by atoms with E-state index in [1.165, 1.54) is 12.4 Å². The van der Waals surface area contributed by atoms with Crippen LogP contribution in [0, 0.1) is 17.5 Å². The van der Waals surface area contributed by atoms with E-state index in [2.05, 4.69) is 21.9 Å². The summed E-state index contributed by atoms with van der Waals surface area (Å²) in [5.41, 5.74) is 8.15. The number of benzene rings is 2. The number of piperidine rings is 1. The number of amides is 2. The van der Waals surface area contributed by atoms with E-state index in [9.17, 15) is 22.8 Å². The van der Waals surface area contributed by atoms with Crippen molar-refractivity contribution in [3.63, 3.8) is 0 Å². The van der Waals surface area contributed by atoms with Gasteiger partial charge in [-0.25, -0.2) is 27.8 Å². The average Bonchev–Trinajstić information content (AvgIpc) is 3.34. The number of nitrogen functional groups attached to an aromatic ring is 1. The number of rotatable bonds is 6. The van der Waals surface area contributed by atoms with E-state index in [0.29, 0.717) is 47.5 Å². The molecule has 1 atom stereocenters. The van der Waals surface area contributed by atoms with Crippen molar-refractivity contribution in [1.29, 1.82) is 0 Å². The van der Waals surface area contributed by atoms with Crippen LogP contribution >= 0.6 is 0 Å². The molecule has 1 saturated heterocycles. The number of fused-ring (bicyclic) bond motifs is 1. The lowest BCUT2D eigenvalue weighted by Crippen LogP contribution is -2.40. The highest BCUT2D eigenvalue weighted by atomic mass is 19.2. The monoisotopic (exact) mass is 535 g/mol. The first-order chi connectivity index (χ1) is 18.8. The van der Waals surface area contributed by atoms with Gasteiger partial charge in [0.15, 0.2) is 17.3 Å². The third-order valence-corrected chi connectivity index (χ3v) is 6.68. The Balaban J connectivity index is 1.38. The summed E-state index contributed by atoms with van der Waals surface area (Å²) in [4.78, 5) is 34.8. The fraction of sp³-hybridized carbons (Fsp3) is 0.222. The van der Waals surface area contributed by atoms with Crippen LogP contribution in [0.15, 0.2) is 55.4 Å². The van der Waals surface area contributed by atoms with E-state index in [1.54, 1.807) is 33.8 Å². The van der Waals surface area contributed by atoms with E-state index in [0.717, 1.165) is 18.4 Å². The van der Waals surface area contributed by atoms with Crippen LogP contribution in [0.2, 0.25) is 0 Å². The third kappa shape index (κ3) is 5.05. The number of carbonyl (C=O) groups is 2. The van der Waals surface area contributed by atoms with Crippen LogP contribution in [0.1, 0.15) is 34.8 Å². The number of hydrogen-bond acceptors (Lipinski definition) is 6. The summed E-state index contributed by atoms with van der Waals surface area (Å²) in [5.74, 6) is -4.58. The molecule has 4 aromatic rings. The van der Waals surface area contributed by atoms with Gasteiger partial charge in [-0.15, -0.1) is 0 Å². The Hall–Kier alpha value is -4.74. The quantitative estimate of drug-likeness (QED) is 0.287. The number of carbonyl (C=O) groups excluding carboxylic acids is 2. The first-order valence-electron chi connectivity index (χ1n) is 12.2. The van der Waals surface area contributed by atoms with Crippen molar-refractivity contribution in [1.82, 2.24) is 30.0 Å². The fourth-order valence-corrected chi connectivity index (χ4v) is 4.69. The van der Waals surface area contributed by atoms with Gasteiger partial charge in [-0.1, -0.05) is 30.8 Å². The number of likely N-dealkylation sites (tertiary alicyclic amines) is 1. The van der Waals surface area contributed by atoms with Gasteiger partial charge < -0.3 is 16.0 Å². The van der Waals surface area contributed by atoms with E-state index in [-0.39, 0.29) is 24.3 Å². The number of anilines is 1. The molecular formula is C27H24F3N7O2. The van der Waals surface area contributed by atoms with Gasteiger partial charge in [-0.2, -0.15) is 5.10 Å². The Morgan fingerprint density at radius 3 is 2.59 bits per heavy atom. The molecule has 0 radical (unpaired) electrons. The second kappa shape index (κ2) is 10.6.